The van der Waals surface area contributed by atoms with E-state index in [9.17, 15) is 0 Å². The molecule has 126 valence electrons. The highest BCUT2D eigenvalue weighted by molar-refractivity contribution is 5.69. The van der Waals surface area contributed by atoms with Crippen molar-refractivity contribution < 1.29 is 9.68 Å². The van der Waals surface area contributed by atoms with E-state index in [0.717, 1.165) is 9.69 Å². The Bertz CT molecular complexity index is 1130. The Morgan fingerprint density at radius 1 is 0.692 bits per heavy atom. The topological polar surface area (TPSA) is 131 Å². The summed E-state index contributed by atoms with van der Waals surface area (Å²) in [4.78, 5) is 29.8. The number of aromatic nitrogens is 10. The summed E-state index contributed by atoms with van der Waals surface area (Å²) in [5.74, 6) is 0.185. The predicted molar refractivity (Wildman–Crippen MR) is 84.7 cm³/mol. The highest BCUT2D eigenvalue weighted by Gasteiger charge is 2.11. The summed E-state index contributed by atoms with van der Waals surface area (Å²) < 4.78 is 0. The van der Waals surface area contributed by atoms with Gasteiger partial charge in [0.25, 0.3) is 5.88 Å². The van der Waals surface area contributed by atoms with Gasteiger partial charge in [-0.2, -0.15) is 4.98 Å². The van der Waals surface area contributed by atoms with Crippen LogP contribution in [-0.2, 0) is 0 Å². The highest BCUT2D eigenvalue weighted by Crippen LogP contribution is 2.14. The molecule has 0 saturated heterocycles. The average Bonchev–Trinajstić information content (AvgIpc) is 3.27. The first-order valence-corrected chi connectivity index (χ1v) is 7.39. The van der Waals surface area contributed by atoms with Gasteiger partial charge in [0.05, 0.1) is 0 Å². The summed E-state index contributed by atoms with van der Waals surface area (Å²) in [7, 11) is 0. The van der Waals surface area contributed by atoms with E-state index in [4.69, 9.17) is 9.68 Å². The van der Waals surface area contributed by atoms with Gasteiger partial charge in [-0.1, -0.05) is 4.85 Å². The Labute approximate surface area is 144 Å². The molecule has 5 aromatic rings. The zero-order chi connectivity index (χ0) is 17.3. The summed E-state index contributed by atoms with van der Waals surface area (Å²) in [6, 6.07) is 8.58. The van der Waals surface area contributed by atoms with E-state index < -0.39 is 0 Å². The van der Waals surface area contributed by atoms with E-state index in [1.54, 1.807) is 42.7 Å². The van der Waals surface area contributed by atoms with E-state index in [1.807, 2.05) is 0 Å². The Balaban J connectivity index is 1.44. The van der Waals surface area contributed by atoms with Crippen molar-refractivity contribution in [3.05, 3.63) is 48.9 Å². The predicted octanol–water partition coefficient (Wildman–Crippen LogP) is 0.440. The molecule has 0 amide bonds. The summed E-state index contributed by atoms with van der Waals surface area (Å²) in [6.45, 7) is 0. The molecule has 0 aliphatic heterocycles. The van der Waals surface area contributed by atoms with Crippen LogP contribution in [-0.4, -0.2) is 50.3 Å². The van der Waals surface area contributed by atoms with Crippen LogP contribution in [0.15, 0.2) is 48.9 Å². The molecule has 0 aliphatic rings. The molecule has 12 heteroatoms. The lowest BCUT2D eigenvalue weighted by molar-refractivity contribution is 0.148. The number of pyridine rings is 2. The second kappa shape index (κ2) is 5.70. The van der Waals surface area contributed by atoms with Gasteiger partial charge in [0.2, 0.25) is 11.3 Å². The lowest BCUT2D eigenvalue weighted by Crippen LogP contribution is -2.12. The summed E-state index contributed by atoms with van der Waals surface area (Å²) in [5, 5.41) is 15.6. The van der Waals surface area contributed by atoms with Crippen molar-refractivity contribution in [2.24, 2.45) is 0 Å². The van der Waals surface area contributed by atoms with Crippen molar-refractivity contribution in [3.63, 3.8) is 0 Å². The zero-order valence-electron chi connectivity index (χ0n) is 12.9. The van der Waals surface area contributed by atoms with Gasteiger partial charge >= 0.3 is 6.01 Å². The Morgan fingerprint density at radius 2 is 1.35 bits per heavy atom. The quantitative estimate of drug-likeness (QED) is 0.450. The molecule has 0 spiro atoms. The van der Waals surface area contributed by atoms with Crippen molar-refractivity contribution >= 4 is 22.3 Å². The van der Waals surface area contributed by atoms with Crippen LogP contribution in [0.25, 0.3) is 22.3 Å². The number of nitrogens with zero attached hydrogens (tertiary/aromatic N) is 10. The number of hydrogen-bond acceptors (Lipinski definition) is 10. The first-order chi connectivity index (χ1) is 12.9. The van der Waals surface area contributed by atoms with Crippen LogP contribution >= 0.6 is 0 Å². The third-order valence-electron chi connectivity index (χ3n) is 3.32. The Kier molecular flexibility index (Phi) is 3.10. The Hall–Kier alpha value is -4.22. The molecule has 0 atom stereocenters. The van der Waals surface area contributed by atoms with E-state index >= 15 is 0 Å². The fraction of sp³-hybridized carbons (Fsp3) is 0. The maximum atomic E-state index is 5.57. The van der Waals surface area contributed by atoms with Crippen LogP contribution in [0.2, 0.25) is 0 Å². The van der Waals surface area contributed by atoms with Crippen molar-refractivity contribution in [3.8, 4) is 11.9 Å². The molecule has 0 aliphatic carbocycles. The summed E-state index contributed by atoms with van der Waals surface area (Å²) >= 11 is 0. The Morgan fingerprint density at radius 3 is 2.04 bits per heavy atom. The van der Waals surface area contributed by atoms with Crippen molar-refractivity contribution in [1.82, 2.24) is 50.3 Å². The van der Waals surface area contributed by atoms with Crippen molar-refractivity contribution in [2.75, 3.05) is 0 Å². The first-order valence-electron chi connectivity index (χ1n) is 7.39. The van der Waals surface area contributed by atoms with E-state index in [1.165, 1.54) is 6.20 Å². The molecule has 5 rings (SSSR count). The van der Waals surface area contributed by atoms with E-state index in [-0.39, 0.29) is 11.9 Å². The molecule has 5 heterocycles. The van der Waals surface area contributed by atoms with Crippen LogP contribution in [0.3, 0.4) is 0 Å². The van der Waals surface area contributed by atoms with Crippen molar-refractivity contribution in [1.29, 1.82) is 0 Å². The molecule has 12 nitrogen and oxygen atoms in total. The third kappa shape index (κ3) is 2.41. The van der Waals surface area contributed by atoms with Crippen molar-refractivity contribution in [2.45, 2.75) is 0 Å². The molecule has 5 aromatic heterocycles. The minimum atomic E-state index is -0.00247. The van der Waals surface area contributed by atoms with E-state index in [0.29, 0.717) is 22.3 Å². The molecule has 0 bridgehead atoms. The molecule has 0 fully saturated rings. The number of rotatable bonds is 4. The summed E-state index contributed by atoms with van der Waals surface area (Å²) in [6.07, 6.45) is 4.69. The molecule has 0 radical (unpaired) electrons. The molecule has 0 aromatic carbocycles. The molecular formula is C14H8N10O2. The molecular weight excluding hydrogens is 340 g/mol. The summed E-state index contributed by atoms with van der Waals surface area (Å²) in [5.41, 5.74) is 2.08. The molecule has 0 unspecified atom stereocenters. The second-order valence-electron chi connectivity index (χ2n) is 4.98. The van der Waals surface area contributed by atoms with Gasteiger partial charge in [0, 0.05) is 24.7 Å². The maximum absolute atomic E-state index is 5.57. The minimum absolute atomic E-state index is 0.00247. The van der Waals surface area contributed by atoms with Gasteiger partial charge < -0.3 is 9.68 Å². The monoisotopic (exact) mass is 348 g/mol. The fourth-order valence-corrected chi connectivity index (χ4v) is 2.20. The third-order valence-corrected chi connectivity index (χ3v) is 3.32. The fourth-order valence-electron chi connectivity index (χ4n) is 2.20. The van der Waals surface area contributed by atoms with Gasteiger partial charge in [0.15, 0.2) is 0 Å². The lowest BCUT2D eigenvalue weighted by atomic mass is 10.4. The average molecular weight is 348 g/mol. The molecule has 0 saturated carbocycles. The van der Waals surface area contributed by atoms with Gasteiger partial charge in [-0.25, -0.2) is 15.0 Å². The standard InChI is InChI=1S/C14H8N10O2/c1-3-9-12(15-6-1)23(21-19-9)25-11-5-8-17-14(18-11)26-24-13-10(20-22-24)4-2-7-16-13/h1-8H. The van der Waals surface area contributed by atoms with Crippen LogP contribution in [0.5, 0.6) is 11.9 Å². The zero-order valence-corrected chi connectivity index (χ0v) is 12.9. The van der Waals surface area contributed by atoms with Gasteiger partial charge in [-0.15, -0.1) is 10.2 Å². The normalized spacial score (nSPS) is 11.1. The second-order valence-corrected chi connectivity index (χ2v) is 4.98. The van der Waals surface area contributed by atoms with Crippen LogP contribution in [0.1, 0.15) is 0 Å². The van der Waals surface area contributed by atoms with Crippen LogP contribution < -0.4 is 9.68 Å². The van der Waals surface area contributed by atoms with Gasteiger partial charge in [-0.05, 0) is 39.5 Å². The smallest absolute Gasteiger partial charge is 0.334 e. The maximum Gasteiger partial charge on any atom is 0.349 e. The lowest BCUT2D eigenvalue weighted by Gasteiger charge is -2.05. The minimum Gasteiger partial charge on any atom is -0.334 e. The SMILES string of the molecule is c1cnc2c(c1)nnn2Oc1ccnc(On2nnc3cccnc32)n1. The van der Waals surface area contributed by atoms with E-state index in [2.05, 4.69) is 40.6 Å². The number of fused-ring (bicyclic) bond motifs is 2. The number of hydrogen-bond donors (Lipinski definition) is 0. The van der Waals surface area contributed by atoms with Crippen LogP contribution in [0.4, 0.5) is 0 Å². The largest absolute Gasteiger partial charge is 0.349 e. The highest BCUT2D eigenvalue weighted by atomic mass is 16.7. The molecule has 0 N–H and O–H groups in total. The molecule has 26 heavy (non-hydrogen) atoms. The van der Waals surface area contributed by atoms with Gasteiger partial charge in [-0.3, -0.25) is 0 Å². The van der Waals surface area contributed by atoms with Gasteiger partial charge in [0.1, 0.15) is 11.0 Å². The first kappa shape index (κ1) is 14.2. The van der Waals surface area contributed by atoms with Crippen LogP contribution in [0, 0.1) is 0 Å².